The van der Waals surface area contributed by atoms with Gasteiger partial charge in [0.15, 0.2) is 5.75 Å². The van der Waals surface area contributed by atoms with Gasteiger partial charge in [-0.1, -0.05) is 42.5 Å². The molecule has 0 aliphatic rings. The third-order valence-corrected chi connectivity index (χ3v) is 7.65. The predicted octanol–water partition coefficient (Wildman–Crippen LogP) is 3.56. The molecule has 0 saturated carbocycles. The first kappa shape index (κ1) is 26.7. The molecular formula is C26H29N3O6S2. The summed E-state index contributed by atoms with van der Waals surface area (Å²) in [7, 11) is -7.39. The maximum atomic E-state index is 12.6. The average Bonchev–Trinajstić information content (AvgIpc) is 3.26. The van der Waals surface area contributed by atoms with Crippen molar-refractivity contribution in [3.63, 3.8) is 0 Å². The summed E-state index contributed by atoms with van der Waals surface area (Å²) in [6, 6.07) is 19.9. The van der Waals surface area contributed by atoms with Crippen molar-refractivity contribution in [2.45, 2.75) is 30.4 Å². The zero-order valence-corrected chi connectivity index (χ0v) is 22.0. The lowest BCUT2D eigenvalue weighted by Gasteiger charge is -2.18. The molecule has 4 aromatic rings. The Kier molecular flexibility index (Phi) is 7.88. The van der Waals surface area contributed by atoms with Crippen molar-refractivity contribution in [1.82, 2.24) is 10.3 Å². The largest absolute Gasteiger partial charge is 0.387 e. The molecule has 1 heterocycles. The van der Waals surface area contributed by atoms with Crippen molar-refractivity contribution in [2.24, 2.45) is 0 Å². The van der Waals surface area contributed by atoms with Crippen molar-refractivity contribution in [1.29, 1.82) is 0 Å². The standard InChI is InChI=1S/C26H29N3O6S2/c1-18(14-20-16-28-26-23(20)12-7-13-25(26)35-36(2,31)32)27-17-24(30)19-8-6-9-21(15-19)29-37(33,34)22-10-4-3-5-11-22/h3-13,15-16,18,24,27-30H,14,17H2,1-2H3/t18-,24+/m1/s1. The first-order valence-electron chi connectivity index (χ1n) is 11.6. The first-order valence-corrected chi connectivity index (χ1v) is 14.9. The van der Waals surface area contributed by atoms with E-state index in [0.29, 0.717) is 23.2 Å². The summed E-state index contributed by atoms with van der Waals surface area (Å²) in [5, 5.41) is 14.9. The van der Waals surface area contributed by atoms with E-state index in [1.54, 1.807) is 54.6 Å². The molecule has 0 amide bonds. The Hall–Kier alpha value is -3.38. The van der Waals surface area contributed by atoms with Gasteiger partial charge in [0.1, 0.15) is 0 Å². The van der Waals surface area contributed by atoms with Gasteiger partial charge >= 0.3 is 10.1 Å². The van der Waals surface area contributed by atoms with E-state index < -0.39 is 26.2 Å². The van der Waals surface area contributed by atoms with Crippen LogP contribution in [0.4, 0.5) is 5.69 Å². The van der Waals surface area contributed by atoms with Crippen LogP contribution in [0.25, 0.3) is 10.9 Å². The zero-order valence-electron chi connectivity index (χ0n) is 20.4. The van der Waals surface area contributed by atoms with Crippen LogP contribution < -0.4 is 14.2 Å². The number of hydrogen-bond donors (Lipinski definition) is 4. The van der Waals surface area contributed by atoms with E-state index >= 15 is 0 Å². The van der Waals surface area contributed by atoms with E-state index in [1.165, 1.54) is 12.1 Å². The molecule has 0 unspecified atom stereocenters. The van der Waals surface area contributed by atoms with Crippen molar-refractivity contribution in [3.8, 4) is 5.75 Å². The molecule has 0 radical (unpaired) electrons. The van der Waals surface area contributed by atoms with Gasteiger partial charge in [0.05, 0.1) is 22.8 Å². The van der Waals surface area contributed by atoms with E-state index in [9.17, 15) is 21.9 Å². The lowest BCUT2D eigenvalue weighted by Crippen LogP contribution is -2.32. The van der Waals surface area contributed by atoms with Gasteiger partial charge in [-0.3, -0.25) is 4.72 Å². The minimum absolute atomic E-state index is 0.0205. The molecule has 11 heteroatoms. The van der Waals surface area contributed by atoms with Crippen molar-refractivity contribution < 1.29 is 26.1 Å². The van der Waals surface area contributed by atoms with Crippen LogP contribution in [0.2, 0.25) is 0 Å². The maximum absolute atomic E-state index is 12.6. The molecule has 4 N–H and O–H groups in total. The number of hydrogen-bond acceptors (Lipinski definition) is 7. The third-order valence-electron chi connectivity index (χ3n) is 5.77. The fourth-order valence-corrected chi connectivity index (χ4v) is 5.58. The molecule has 9 nitrogen and oxygen atoms in total. The lowest BCUT2D eigenvalue weighted by atomic mass is 10.0. The van der Waals surface area contributed by atoms with E-state index in [0.717, 1.165) is 17.2 Å². The van der Waals surface area contributed by atoms with Crippen LogP contribution >= 0.6 is 0 Å². The second-order valence-electron chi connectivity index (χ2n) is 8.85. The number of fused-ring (bicyclic) bond motifs is 1. The van der Waals surface area contributed by atoms with Crippen LogP contribution in [0.5, 0.6) is 5.75 Å². The summed E-state index contributed by atoms with van der Waals surface area (Å²) < 4.78 is 55.9. The number of sulfonamides is 1. The van der Waals surface area contributed by atoms with Crippen molar-refractivity contribution in [3.05, 3.63) is 90.1 Å². The van der Waals surface area contributed by atoms with Gasteiger partial charge in [-0.15, -0.1) is 0 Å². The highest BCUT2D eigenvalue weighted by molar-refractivity contribution is 7.92. The highest BCUT2D eigenvalue weighted by atomic mass is 32.2. The van der Waals surface area contributed by atoms with Gasteiger partial charge in [0.2, 0.25) is 0 Å². The SMILES string of the molecule is C[C@H](Cc1c[nH]c2c(OS(C)(=O)=O)cccc12)NC[C@H](O)c1cccc(NS(=O)(=O)c2ccccc2)c1. The summed E-state index contributed by atoms with van der Waals surface area (Å²) >= 11 is 0. The molecule has 0 spiro atoms. The van der Waals surface area contributed by atoms with Gasteiger partial charge < -0.3 is 19.6 Å². The van der Waals surface area contributed by atoms with Crippen LogP contribution in [-0.4, -0.2) is 45.8 Å². The highest BCUT2D eigenvalue weighted by Gasteiger charge is 2.17. The van der Waals surface area contributed by atoms with Crippen LogP contribution in [0, 0.1) is 0 Å². The number of nitrogens with one attached hydrogen (secondary N) is 3. The van der Waals surface area contributed by atoms with Crippen LogP contribution in [0.3, 0.4) is 0 Å². The quantitative estimate of drug-likeness (QED) is 0.212. The summed E-state index contributed by atoms with van der Waals surface area (Å²) in [6.45, 7) is 2.23. The number of benzene rings is 3. The maximum Gasteiger partial charge on any atom is 0.306 e. The summed E-state index contributed by atoms with van der Waals surface area (Å²) in [5.41, 5.74) is 2.51. The molecular weight excluding hydrogens is 514 g/mol. The van der Waals surface area contributed by atoms with Gasteiger partial charge in [0.25, 0.3) is 10.0 Å². The number of aromatic nitrogens is 1. The monoisotopic (exact) mass is 543 g/mol. The Morgan fingerprint density at radius 3 is 2.43 bits per heavy atom. The van der Waals surface area contributed by atoms with E-state index in [1.807, 2.05) is 19.2 Å². The summed E-state index contributed by atoms with van der Waals surface area (Å²) in [4.78, 5) is 3.25. The number of H-pyrrole nitrogens is 1. The van der Waals surface area contributed by atoms with E-state index in [-0.39, 0.29) is 23.2 Å². The van der Waals surface area contributed by atoms with Crippen molar-refractivity contribution >= 4 is 36.7 Å². The molecule has 4 rings (SSSR count). The summed E-state index contributed by atoms with van der Waals surface area (Å²) in [5.74, 6) is 0.241. The van der Waals surface area contributed by atoms with Gasteiger partial charge in [-0.2, -0.15) is 8.42 Å². The molecule has 1 aromatic heterocycles. The minimum Gasteiger partial charge on any atom is -0.387 e. The molecule has 37 heavy (non-hydrogen) atoms. The molecule has 2 atom stereocenters. The molecule has 196 valence electrons. The number of anilines is 1. The Morgan fingerprint density at radius 2 is 1.70 bits per heavy atom. The topological polar surface area (TPSA) is 138 Å². The number of rotatable bonds is 11. The molecule has 0 fully saturated rings. The number of aliphatic hydroxyl groups excluding tert-OH is 1. The smallest absolute Gasteiger partial charge is 0.306 e. The average molecular weight is 544 g/mol. The summed E-state index contributed by atoms with van der Waals surface area (Å²) in [6.07, 6.45) is 2.57. The predicted molar refractivity (Wildman–Crippen MR) is 144 cm³/mol. The normalized spacial score (nSPS) is 13.8. The van der Waals surface area contributed by atoms with E-state index in [2.05, 4.69) is 15.0 Å². The Labute approximate surface area is 216 Å². The van der Waals surface area contributed by atoms with Gasteiger partial charge in [-0.05, 0) is 54.8 Å². The van der Waals surface area contributed by atoms with Crippen LogP contribution in [0.1, 0.15) is 24.2 Å². The second kappa shape index (κ2) is 10.9. The van der Waals surface area contributed by atoms with Crippen LogP contribution in [0.15, 0.2) is 83.9 Å². The molecule has 3 aromatic carbocycles. The fourth-order valence-electron chi connectivity index (χ4n) is 4.04. The first-order chi connectivity index (χ1) is 17.5. The Balaban J connectivity index is 1.38. The molecule has 0 saturated heterocycles. The van der Waals surface area contributed by atoms with Crippen molar-refractivity contribution in [2.75, 3.05) is 17.5 Å². The Morgan fingerprint density at radius 1 is 0.973 bits per heavy atom. The third kappa shape index (κ3) is 6.89. The second-order valence-corrected chi connectivity index (χ2v) is 12.1. The van der Waals surface area contributed by atoms with E-state index in [4.69, 9.17) is 4.18 Å². The Bertz CT molecular complexity index is 1590. The lowest BCUT2D eigenvalue weighted by molar-refractivity contribution is 0.170. The molecule has 0 aliphatic heterocycles. The number of aliphatic hydroxyl groups is 1. The zero-order chi connectivity index (χ0) is 26.6. The minimum atomic E-state index is -3.73. The van der Waals surface area contributed by atoms with Gasteiger partial charge in [0, 0.05) is 29.9 Å². The molecule has 0 aliphatic carbocycles. The number of aromatic amines is 1. The number of para-hydroxylation sites is 1. The van der Waals surface area contributed by atoms with Gasteiger partial charge in [-0.25, -0.2) is 8.42 Å². The molecule has 0 bridgehead atoms. The van der Waals surface area contributed by atoms with Crippen LogP contribution in [-0.2, 0) is 26.6 Å². The highest BCUT2D eigenvalue weighted by Crippen LogP contribution is 2.29. The fraction of sp³-hybridized carbons (Fsp3) is 0.231.